The van der Waals surface area contributed by atoms with Gasteiger partial charge in [-0.05, 0) is 38.5 Å². The highest BCUT2D eigenvalue weighted by Crippen LogP contribution is 2.30. The summed E-state index contributed by atoms with van der Waals surface area (Å²) in [6.07, 6.45) is 42.5. The third-order valence-electron chi connectivity index (χ3n) is 16.5. The number of aliphatic hydroxyl groups excluding tert-OH is 8. The molecule has 0 spiro atoms. The zero-order valence-electron chi connectivity index (χ0n) is 49.9. The topological polar surface area (TPSA) is 228 Å². The van der Waals surface area contributed by atoms with Crippen LogP contribution in [0.1, 0.15) is 296 Å². The zero-order chi connectivity index (χ0) is 56.7. The van der Waals surface area contributed by atoms with Crippen LogP contribution in [0.3, 0.4) is 0 Å². The van der Waals surface area contributed by atoms with E-state index < -0.39 is 86.8 Å². The molecule has 12 atom stereocenters. The predicted molar refractivity (Wildman–Crippen MR) is 314 cm³/mol. The van der Waals surface area contributed by atoms with Gasteiger partial charge in [0.25, 0.3) is 0 Å². The van der Waals surface area contributed by atoms with E-state index in [-0.39, 0.29) is 12.5 Å². The zero-order valence-corrected chi connectivity index (χ0v) is 49.9. The summed E-state index contributed by atoms with van der Waals surface area (Å²) in [7, 11) is 0. The number of carbonyl (C=O) groups is 1. The van der Waals surface area contributed by atoms with E-state index in [0.717, 1.165) is 51.4 Å². The van der Waals surface area contributed by atoms with E-state index in [0.29, 0.717) is 12.8 Å². The van der Waals surface area contributed by atoms with Crippen molar-refractivity contribution >= 4 is 5.91 Å². The molecule has 0 aliphatic carbocycles. The molecule has 0 aromatic rings. The molecule has 14 heteroatoms. The molecule has 12 unspecified atom stereocenters. The minimum Gasteiger partial charge on any atom is -0.394 e. The molecule has 462 valence electrons. The molecule has 0 aromatic heterocycles. The number of ether oxygens (including phenoxy) is 4. The van der Waals surface area contributed by atoms with Gasteiger partial charge in [-0.15, -0.1) is 0 Å². The number of nitrogens with one attached hydrogen (secondary N) is 1. The molecule has 2 heterocycles. The predicted octanol–water partition coefficient (Wildman–Crippen LogP) is 12.2. The number of hydrogen-bond donors (Lipinski definition) is 9. The van der Waals surface area contributed by atoms with Crippen LogP contribution in [0.25, 0.3) is 0 Å². The van der Waals surface area contributed by atoms with Gasteiger partial charge in [-0.2, -0.15) is 0 Å². The van der Waals surface area contributed by atoms with Crippen molar-refractivity contribution in [1.29, 1.82) is 0 Å². The van der Waals surface area contributed by atoms with E-state index in [9.17, 15) is 45.6 Å². The van der Waals surface area contributed by atoms with Crippen molar-refractivity contribution in [3.8, 4) is 0 Å². The Balaban J connectivity index is 1.58. The smallest absolute Gasteiger partial charge is 0.220 e. The Morgan fingerprint density at radius 1 is 0.449 bits per heavy atom. The summed E-state index contributed by atoms with van der Waals surface area (Å²) in [5.41, 5.74) is 0. The van der Waals surface area contributed by atoms with Gasteiger partial charge in [0.15, 0.2) is 12.6 Å². The molecule has 2 rings (SSSR count). The second kappa shape index (κ2) is 50.3. The first-order chi connectivity index (χ1) is 38.1. The molecular weight excluding hydrogens is 991 g/mol. The first-order valence-corrected chi connectivity index (χ1v) is 32.9. The Morgan fingerprint density at radius 2 is 0.808 bits per heavy atom. The Labute approximate surface area is 476 Å². The average molecular weight is 1110 g/mol. The van der Waals surface area contributed by atoms with Crippen molar-refractivity contribution in [2.75, 3.05) is 19.8 Å². The third kappa shape index (κ3) is 35.0. The Morgan fingerprint density at radius 3 is 1.22 bits per heavy atom. The SMILES string of the molecule is CCCCCCCCCC/C=C\CCCCCCCCCCCCCCCCCCCCCCCC(=O)NC(COC1OC(CO)C(OC2OC(CO)C(O)C(O)C2O)C(O)C1O)C(O)CCCCCCCCCCCCC. The van der Waals surface area contributed by atoms with Crippen LogP contribution in [-0.4, -0.2) is 140 Å². The summed E-state index contributed by atoms with van der Waals surface area (Å²) in [6, 6.07) is -0.823. The van der Waals surface area contributed by atoms with E-state index in [1.54, 1.807) is 0 Å². The molecule has 2 saturated heterocycles. The monoisotopic (exact) mass is 1110 g/mol. The number of rotatable bonds is 54. The molecule has 78 heavy (non-hydrogen) atoms. The standard InChI is InChI=1S/C64H123NO13/c1-3-5-7-9-11-13-15-16-17-18-19-20-21-22-23-24-25-26-27-28-29-30-31-32-33-34-35-36-38-40-42-44-46-48-56(69)65-52(53(68)47-45-43-41-39-37-14-12-10-8-6-4-2)51-75-63-61(74)59(72)62(55(50-67)77-63)78-64-60(73)58(71)57(70)54(49-66)76-64/h18-19,52-55,57-64,66-68,70-74H,3-17,20-51H2,1-2H3,(H,65,69)/b19-18-. The molecule has 0 bridgehead atoms. The lowest BCUT2D eigenvalue weighted by Crippen LogP contribution is -2.65. The molecule has 2 aliphatic heterocycles. The summed E-state index contributed by atoms with van der Waals surface area (Å²) in [5.74, 6) is -0.202. The molecule has 1 amide bonds. The first kappa shape index (κ1) is 72.8. The largest absolute Gasteiger partial charge is 0.394 e. The first-order valence-electron chi connectivity index (χ1n) is 32.9. The lowest BCUT2D eigenvalue weighted by Gasteiger charge is -2.46. The molecule has 0 saturated carbocycles. The minimum absolute atomic E-state index is 0.202. The van der Waals surface area contributed by atoms with Gasteiger partial charge in [-0.3, -0.25) is 4.79 Å². The highest BCUT2D eigenvalue weighted by Gasteiger charge is 2.51. The molecular formula is C64H123NO13. The van der Waals surface area contributed by atoms with Gasteiger partial charge in [-0.1, -0.05) is 264 Å². The summed E-state index contributed by atoms with van der Waals surface area (Å²) >= 11 is 0. The van der Waals surface area contributed by atoms with Crippen LogP contribution in [-0.2, 0) is 23.7 Å². The molecule has 2 aliphatic rings. The summed E-state index contributed by atoms with van der Waals surface area (Å²) in [4.78, 5) is 13.3. The average Bonchev–Trinajstić information content (AvgIpc) is 3.47. The fraction of sp³-hybridized carbons (Fsp3) is 0.953. The maximum Gasteiger partial charge on any atom is 0.220 e. The fourth-order valence-corrected chi connectivity index (χ4v) is 11.2. The summed E-state index contributed by atoms with van der Waals surface area (Å²) < 4.78 is 22.8. The number of amides is 1. The van der Waals surface area contributed by atoms with Crippen LogP contribution in [0.4, 0.5) is 0 Å². The molecule has 9 N–H and O–H groups in total. The van der Waals surface area contributed by atoms with Crippen LogP contribution in [0.5, 0.6) is 0 Å². The number of unbranched alkanes of at least 4 members (excludes halogenated alkanes) is 39. The van der Waals surface area contributed by atoms with Gasteiger partial charge >= 0.3 is 0 Å². The van der Waals surface area contributed by atoms with E-state index in [1.807, 2.05) is 0 Å². The van der Waals surface area contributed by atoms with Crippen LogP contribution < -0.4 is 5.32 Å². The van der Waals surface area contributed by atoms with Crippen LogP contribution in [0.15, 0.2) is 12.2 Å². The number of allylic oxidation sites excluding steroid dienone is 2. The van der Waals surface area contributed by atoms with Gasteiger partial charge in [0.1, 0.15) is 48.8 Å². The lowest BCUT2D eigenvalue weighted by atomic mass is 9.97. The van der Waals surface area contributed by atoms with E-state index in [4.69, 9.17) is 18.9 Å². The third-order valence-corrected chi connectivity index (χ3v) is 16.5. The number of aliphatic hydroxyl groups is 8. The maximum atomic E-state index is 13.3. The van der Waals surface area contributed by atoms with Crippen LogP contribution >= 0.6 is 0 Å². The number of carbonyl (C=O) groups excluding carboxylic acids is 1. The number of hydrogen-bond acceptors (Lipinski definition) is 13. The van der Waals surface area contributed by atoms with Gasteiger partial charge in [0, 0.05) is 6.42 Å². The van der Waals surface area contributed by atoms with Crippen molar-refractivity contribution in [2.24, 2.45) is 0 Å². The molecule has 2 fully saturated rings. The highest BCUT2D eigenvalue weighted by atomic mass is 16.7. The second-order valence-electron chi connectivity index (χ2n) is 23.6. The molecule has 0 radical (unpaired) electrons. The maximum absolute atomic E-state index is 13.3. The van der Waals surface area contributed by atoms with Gasteiger partial charge < -0.3 is 65.1 Å². The van der Waals surface area contributed by atoms with Crippen molar-refractivity contribution in [3.63, 3.8) is 0 Å². The normalized spacial score (nSPS) is 24.5. The van der Waals surface area contributed by atoms with Crippen LogP contribution in [0.2, 0.25) is 0 Å². The van der Waals surface area contributed by atoms with E-state index in [1.165, 1.54) is 218 Å². The van der Waals surface area contributed by atoms with E-state index in [2.05, 4.69) is 31.3 Å². The molecule has 14 nitrogen and oxygen atoms in total. The van der Waals surface area contributed by atoms with Gasteiger partial charge in [-0.25, -0.2) is 0 Å². The second-order valence-corrected chi connectivity index (χ2v) is 23.6. The minimum atomic E-state index is -1.78. The van der Waals surface area contributed by atoms with Gasteiger partial charge in [0.05, 0.1) is 32.0 Å². The fourth-order valence-electron chi connectivity index (χ4n) is 11.2. The van der Waals surface area contributed by atoms with Gasteiger partial charge in [0.2, 0.25) is 5.91 Å². The Bertz CT molecular complexity index is 1360. The van der Waals surface area contributed by atoms with Crippen LogP contribution in [0, 0.1) is 0 Å². The Hall–Kier alpha value is -1.27. The highest BCUT2D eigenvalue weighted by molar-refractivity contribution is 5.76. The summed E-state index contributed by atoms with van der Waals surface area (Å²) in [5, 5.41) is 87.2. The van der Waals surface area contributed by atoms with Crippen molar-refractivity contribution in [1.82, 2.24) is 5.32 Å². The van der Waals surface area contributed by atoms with E-state index >= 15 is 0 Å². The van der Waals surface area contributed by atoms with Crippen molar-refractivity contribution in [3.05, 3.63) is 12.2 Å². The Kier molecular flexibility index (Phi) is 46.9. The van der Waals surface area contributed by atoms with Crippen molar-refractivity contribution < 1.29 is 64.6 Å². The molecule has 0 aromatic carbocycles. The quantitative estimate of drug-likeness (QED) is 0.0204. The van der Waals surface area contributed by atoms with Crippen molar-refractivity contribution in [2.45, 2.75) is 370 Å². The summed E-state index contributed by atoms with van der Waals surface area (Å²) in [6.45, 7) is 2.87. The lowest BCUT2D eigenvalue weighted by molar-refractivity contribution is -0.359.